The van der Waals surface area contributed by atoms with E-state index in [1.54, 1.807) is 0 Å². The van der Waals surface area contributed by atoms with Crippen molar-refractivity contribution in [3.8, 4) is 5.88 Å². The number of amides is 1. The molecule has 1 heterocycles. The van der Waals surface area contributed by atoms with Gasteiger partial charge in [-0.2, -0.15) is 18.4 Å². The average molecular weight is 284 g/mol. The molecule has 0 aliphatic carbocycles. The Labute approximate surface area is 101 Å². The molecule has 104 valence electrons. The standard InChI is InChI=1S/C4H7N5O.CH3NO.H2O4S/c5-1-2(6)8-4(7)9-3(1)10;2-1-3;1-5(2,3)4/h5H2,(H5,6,7,8,9,10);1H,(H2,2,3);(H2,1,2,3,4). The zero-order valence-corrected chi connectivity index (χ0v) is 9.57. The molecule has 0 saturated heterocycles. The first kappa shape index (κ1) is 18.0. The average Bonchev–Trinajstić information content (AvgIpc) is 2.12. The van der Waals surface area contributed by atoms with Gasteiger partial charge in [0.1, 0.15) is 5.69 Å². The summed E-state index contributed by atoms with van der Waals surface area (Å²) < 4.78 is 31.6. The molecule has 0 bridgehead atoms. The summed E-state index contributed by atoms with van der Waals surface area (Å²) in [6, 6.07) is 0. The van der Waals surface area contributed by atoms with Gasteiger partial charge in [-0.1, -0.05) is 0 Å². The molecule has 0 aliphatic rings. The Kier molecular flexibility index (Phi) is 7.82. The summed E-state index contributed by atoms with van der Waals surface area (Å²) >= 11 is 0. The van der Waals surface area contributed by atoms with Crippen molar-refractivity contribution in [1.82, 2.24) is 9.97 Å². The van der Waals surface area contributed by atoms with E-state index in [9.17, 15) is 0 Å². The molecule has 1 amide bonds. The lowest BCUT2D eigenvalue weighted by molar-refractivity contribution is -0.106. The van der Waals surface area contributed by atoms with Crippen molar-refractivity contribution in [3.63, 3.8) is 0 Å². The van der Waals surface area contributed by atoms with E-state index in [-0.39, 0.29) is 29.7 Å². The van der Waals surface area contributed by atoms with Crippen LogP contribution in [0, 0.1) is 0 Å². The molecule has 1 aromatic heterocycles. The summed E-state index contributed by atoms with van der Waals surface area (Å²) in [7, 11) is -4.67. The van der Waals surface area contributed by atoms with E-state index in [1.807, 2.05) is 0 Å². The Balaban J connectivity index is 0. The molecule has 1 aromatic rings. The van der Waals surface area contributed by atoms with Crippen molar-refractivity contribution in [2.75, 3.05) is 17.2 Å². The summed E-state index contributed by atoms with van der Waals surface area (Å²) in [5.74, 6) is -0.487. The molecule has 12 nitrogen and oxygen atoms in total. The molecule has 0 radical (unpaired) electrons. The van der Waals surface area contributed by atoms with Gasteiger partial charge < -0.3 is 28.0 Å². The maximum atomic E-state index is 8.84. The number of nitrogens with two attached hydrogens (primary N) is 4. The lowest BCUT2D eigenvalue weighted by Gasteiger charge is -2.00. The van der Waals surface area contributed by atoms with Crippen LogP contribution in [0.5, 0.6) is 5.88 Å². The van der Waals surface area contributed by atoms with Crippen LogP contribution in [0.25, 0.3) is 0 Å². The van der Waals surface area contributed by atoms with E-state index in [2.05, 4.69) is 15.7 Å². The molecule has 11 N–H and O–H groups in total. The molecule has 13 heteroatoms. The van der Waals surface area contributed by atoms with Gasteiger partial charge in [0.15, 0.2) is 5.82 Å². The molecule has 18 heavy (non-hydrogen) atoms. The van der Waals surface area contributed by atoms with E-state index in [0.29, 0.717) is 0 Å². The number of nitrogen functional groups attached to an aromatic ring is 3. The summed E-state index contributed by atoms with van der Waals surface area (Å²) in [5.41, 5.74) is 19.6. The number of nitrogens with zero attached hydrogens (tertiary/aromatic N) is 2. The van der Waals surface area contributed by atoms with E-state index in [1.165, 1.54) is 0 Å². The van der Waals surface area contributed by atoms with Crippen LogP contribution < -0.4 is 22.9 Å². The van der Waals surface area contributed by atoms with Gasteiger partial charge in [0, 0.05) is 0 Å². The third-order valence-corrected chi connectivity index (χ3v) is 0.972. The quantitative estimate of drug-likeness (QED) is 0.192. The predicted octanol–water partition coefficient (Wildman–Crippen LogP) is -2.62. The van der Waals surface area contributed by atoms with Gasteiger partial charge in [0.2, 0.25) is 18.2 Å². The number of carbonyl (C=O) groups excluding carboxylic acids is 1. The number of hydrogen-bond acceptors (Lipinski definition) is 9. The number of aromatic nitrogens is 2. The van der Waals surface area contributed by atoms with Crippen LogP contribution in [0.15, 0.2) is 0 Å². The molecule has 0 fully saturated rings. The first-order valence-corrected chi connectivity index (χ1v) is 5.15. The fourth-order valence-corrected chi connectivity index (χ4v) is 0.492. The van der Waals surface area contributed by atoms with Crippen LogP contribution in [0.4, 0.5) is 17.5 Å². The fraction of sp³-hybridized carbons (Fsp3) is 0. The van der Waals surface area contributed by atoms with Crippen molar-refractivity contribution in [2.45, 2.75) is 0 Å². The highest BCUT2D eigenvalue weighted by molar-refractivity contribution is 7.79. The van der Waals surface area contributed by atoms with Gasteiger partial charge in [0.05, 0.1) is 0 Å². The molecular formula is C5H12N6O6S. The van der Waals surface area contributed by atoms with Gasteiger partial charge in [-0.3, -0.25) is 13.9 Å². The minimum absolute atomic E-state index is 0.00926. The topological polar surface area (TPSA) is 242 Å². The first-order valence-electron chi connectivity index (χ1n) is 3.75. The zero-order valence-electron chi connectivity index (χ0n) is 8.76. The minimum atomic E-state index is -4.67. The lowest BCUT2D eigenvalue weighted by Crippen LogP contribution is -2.03. The molecule has 0 saturated carbocycles. The Bertz CT molecular complexity index is 458. The van der Waals surface area contributed by atoms with Crippen molar-refractivity contribution < 1.29 is 27.4 Å². The Hall–Kier alpha value is -2.38. The smallest absolute Gasteiger partial charge is 0.394 e. The van der Waals surface area contributed by atoms with Gasteiger partial charge in [0.25, 0.3) is 0 Å². The Morgan fingerprint density at radius 2 is 1.44 bits per heavy atom. The highest BCUT2D eigenvalue weighted by atomic mass is 32.3. The van der Waals surface area contributed by atoms with Gasteiger partial charge in [-0.05, 0) is 0 Å². The largest absolute Gasteiger partial charge is 0.492 e. The summed E-state index contributed by atoms with van der Waals surface area (Å²) in [4.78, 5) is 15.4. The highest BCUT2D eigenvalue weighted by Crippen LogP contribution is 2.21. The van der Waals surface area contributed by atoms with E-state index in [4.69, 9.17) is 44.6 Å². The molecule has 0 unspecified atom stereocenters. The molecule has 1 rings (SSSR count). The number of rotatable bonds is 0. The monoisotopic (exact) mass is 284 g/mol. The fourth-order valence-electron chi connectivity index (χ4n) is 0.492. The summed E-state index contributed by atoms with van der Waals surface area (Å²) in [5, 5.41) is 8.84. The second-order valence-electron chi connectivity index (χ2n) is 2.29. The van der Waals surface area contributed by atoms with Crippen LogP contribution in [-0.2, 0) is 15.2 Å². The number of anilines is 3. The van der Waals surface area contributed by atoms with E-state index in [0.717, 1.165) is 0 Å². The van der Waals surface area contributed by atoms with Gasteiger partial charge in [-0.25, -0.2) is 0 Å². The molecule has 0 aliphatic heterocycles. The lowest BCUT2D eigenvalue weighted by atomic mass is 10.5. The number of carbonyl (C=O) groups is 1. The van der Waals surface area contributed by atoms with Gasteiger partial charge in [-0.15, -0.1) is 0 Å². The maximum Gasteiger partial charge on any atom is 0.394 e. The van der Waals surface area contributed by atoms with Crippen LogP contribution >= 0.6 is 0 Å². The normalized spacial score (nSPS) is 9.22. The molecule has 0 aromatic carbocycles. The second kappa shape index (κ2) is 7.82. The van der Waals surface area contributed by atoms with Crippen molar-refractivity contribution in [3.05, 3.63) is 0 Å². The van der Waals surface area contributed by atoms with Crippen LogP contribution in [0.1, 0.15) is 0 Å². The third kappa shape index (κ3) is 11.7. The molecular weight excluding hydrogens is 272 g/mol. The summed E-state index contributed by atoms with van der Waals surface area (Å²) in [6.45, 7) is 0. The number of hydrogen-bond donors (Lipinski definition) is 7. The van der Waals surface area contributed by atoms with E-state index >= 15 is 0 Å². The van der Waals surface area contributed by atoms with Gasteiger partial charge >= 0.3 is 10.4 Å². The van der Waals surface area contributed by atoms with Crippen molar-refractivity contribution in [1.29, 1.82) is 0 Å². The summed E-state index contributed by atoms with van der Waals surface area (Å²) in [6.07, 6.45) is 0.250. The van der Waals surface area contributed by atoms with Crippen LogP contribution in [-0.4, -0.2) is 39.0 Å². The van der Waals surface area contributed by atoms with Crippen molar-refractivity contribution in [2.24, 2.45) is 5.73 Å². The number of primary amides is 1. The highest BCUT2D eigenvalue weighted by Gasteiger charge is 2.04. The second-order valence-corrected chi connectivity index (χ2v) is 3.18. The third-order valence-electron chi connectivity index (χ3n) is 0.972. The van der Waals surface area contributed by atoms with Crippen molar-refractivity contribution >= 4 is 34.3 Å². The Morgan fingerprint density at radius 1 is 1.11 bits per heavy atom. The van der Waals surface area contributed by atoms with Crippen LogP contribution in [0.3, 0.4) is 0 Å². The number of aromatic hydroxyl groups is 1. The van der Waals surface area contributed by atoms with Crippen LogP contribution in [0.2, 0.25) is 0 Å². The molecule has 0 spiro atoms. The SMILES string of the molecule is NC=O.Nc1nc(N)c(N)c(O)n1.O=S(=O)(O)O. The van der Waals surface area contributed by atoms with E-state index < -0.39 is 10.4 Å². The zero-order chi connectivity index (χ0) is 14.9. The first-order chi connectivity index (χ1) is 8.02. The minimum Gasteiger partial charge on any atom is -0.492 e. The molecule has 0 atom stereocenters. The Morgan fingerprint density at radius 3 is 1.72 bits per heavy atom. The maximum absolute atomic E-state index is 8.84. The predicted molar refractivity (Wildman–Crippen MR) is 61.4 cm³/mol.